The van der Waals surface area contributed by atoms with Crippen molar-refractivity contribution in [3.05, 3.63) is 30.3 Å². The zero-order valence-electron chi connectivity index (χ0n) is 17.0. The van der Waals surface area contributed by atoms with E-state index in [1.807, 2.05) is 24.3 Å². The second-order valence-electron chi connectivity index (χ2n) is 7.85. The molecule has 2 unspecified atom stereocenters. The Kier molecular flexibility index (Phi) is 7.45. The van der Waals surface area contributed by atoms with Gasteiger partial charge in [-0.05, 0) is 38.1 Å². The highest BCUT2D eigenvalue weighted by Gasteiger charge is 2.42. The van der Waals surface area contributed by atoms with Gasteiger partial charge in [-0.2, -0.15) is 5.26 Å². The summed E-state index contributed by atoms with van der Waals surface area (Å²) in [4.78, 5) is 28.9. The van der Waals surface area contributed by atoms with Gasteiger partial charge in [-0.25, -0.2) is 8.42 Å². The minimum absolute atomic E-state index is 0.00000709. The number of para-hydroxylation sites is 1. The molecular weight excluding hydrogens is 404 g/mol. The van der Waals surface area contributed by atoms with E-state index in [4.69, 9.17) is 5.26 Å². The predicted octanol–water partition coefficient (Wildman–Crippen LogP) is 1.09. The highest BCUT2D eigenvalue weighted by atomic mass is 32.2. The molecule has 1 aromatic rings. The minimum Gasteiger partial charge on any atom is -0.351 e. The highest BCUT2D eigenvalue weighted by Crippen LogP contribution is 2.23. The third kappa shape index (κ3) is 5.80. The topological polar surface area (TPSA) is 111 Å². The first-order valence-corrected chi connectivity index (χ1v) is 12.2. The summed E-state index contributed by atoms with van der Waals surface area (Å²) in [5, 5.41) is 11.7. The Morgan fingerprint density at radius 1 is 1.13 bits per heavy atom. The minimum atomic E-state index is -3.18. The smallest absolute Gasteiger partial charge is 0.227 e. The zero-order valence-corrected chi connectivity index (χ0v) is 17.8. The Bertz CT molecular complexity index is 891. The second-order valence-corrected chi connectivity index (χ2v) is 10.0. The van der Waals surface area contributed by atoms with Gasteiger partial charge in [0.2, 0.25) is 11.8 Å². The van der Waals surface area contributed by atoms with E-state index in [0.29, 0.717) is 5.69 Å². The largest absolute Gasteiger partial charge is 0.351 e. The van der Waals surface area contributed by atoms with Crippen molar-refractivity contribution < 1.29 is 18.0 Å². The van der Waals surface area contributed by atoms with Crippen molar-refractivity contribution in [2.45, 2.75) is 44.2 Å². The number of sulfone groups is 1. The van der Waals surface area contributed by atoms with Crippen molar-refractivity contribution in [3.63, 3.8) is 0 Å². The van der Waals surface area contributed by atoms with Gasteiger partial charge in [0.15, 0.2) is 9.84 Å². The predicted molar refractivity (Wildman–Crippen MR) is 113 cm³/mol. The van der Waals surface area contributed by atoms with Crippen molar-refractivity contribution >= 4 is 27.3 Å². The summed E-state index contributed by atoms with van der Waals surface area (Å²) in [6.45, 7) is 1.98. The Hall–Kier alpha value is -2.44. The summed E-state index contributed by atoms with van der Waals surface area (Å²) >= 11 is 0. The Morgan fingerprint density at radius 2 is 1.83 bits per heavy atom. The number of hydrogen-bond acceptors (Lipinski definition) is 6. The van der Waals surface area contributed by atoms with Crippen LogP contribution in [0.4, 0.5) is 5.69 Å². The molecule has 0 saturated carbocycles. The van der Waals surface area contributed by atoms with Gasteiger partial charge >= 0.3 is 0 Å². The van der Waals surface area contributed by atoms with E-state index in [2.05, 4.69) is 10.2 Å². The highest BCUT2D eigenvalue weighted by molar-refractivity contribution is 7.91. The normalized spacial score (nSPS) is 23.0. The molecule has 2 fully saturated rings. The number of nitrogens with one attached hydrogen (secondary N) is 1. The number of amides is 2. The van der Waals surface area contributed by atoms with E-state index >= 15 is 0 Å². The Balaban J connectivity index is 1.57. The number of carbonyl (C=O) groups excluding carboxylic acids is 2. The van der Waals surface area contributed by atoms with Gasteiger partial charge in [0.1, 0.15) is 0 Å². The number of carbonyl (C=O) groups is 2. The molecule has 0 radical (unpaired) electrons. The van der Waals surface area contributed by atoms with Crippen LogP contribution in [0.25, 0.3) is 0 Å². The van der Waals surface area contributed by atoms with E-state index in [1.165, 1.54) is 4.90 Å². The van der Waals surface area contributed by atoms with E-state index in [1.54, 1.807) is 12.1 Å². The molecule has 1 N–H and O–H groups in total. The fourth-order valence-corrected chi connectivity index (χ4v) is 6.15. The number of nitrogens with zero attached hydrogens (tertiary/aromatic N) is 3. The van der Waals surface area contributed by atoms with Crippen LogP contribution in [0, 0.1) is 11.3 Å². The van der Waals surface area contributed by atoms with Gasteiger partial charge < -0.3 is 10.2 Å². The number of rotatable bonds is 8. The van der Waals surface area contributed by atoms with Crippen molar-refractivity contribution in [1.29, 1.82) is 5.26 Å². The molecule has 2 aliphatic rings. The van der Waals surface area contributed by atoms with Crippen LogP contribution in [0.5, 0.6) is 0 Å². The molecule has 2 aliphatic heterocycles. The van der Waals surface area contributed by atoms with Crippen molar-refractivity contribution in [2.75, 3.05) is 36.0 Å². The monoisotopic (exact) mass is 432 g/mol. The molecule has 0 aliphatic carbocycles. The second kappa shape index (κ2) is 10.0. The van der Waals surface area contributed by atoms with E-state index in [0.717, 1.165) is 25.9 Å². The number of benzene rings is 1. The van der Waals surface area contributed by atoms with Crippen LogP contribution >= 0.6 is 0 Å². The quantitative estimate of drug-likeness (QED) is 0.658. The van der Waals surface area contributed by atoms with Gasteiger partial charge in [0, 0.05) is 31.1 Å². The van der Waals surface area contributed by atoms with Crippen LogP contribution in [0.3, 0.4) is 0 Å². The molecule has 0 spiro atoms. The van der Waals surface area contributed by atoms with E-state index in [-0.39, 0.29) is 55.2 Å². The van der Waals surface area contributed by atoms with E-state index < -0.39 is 15.9 Å². The molecule has 1 aromatic carbocycles. The lowest BCUT2D eigenvalue weighted by Crippen LogP contribution is -2.50. The first-order chi connectivity index (χ1) is 14.4. The molecule has 0 aromatic heterocycles. The summed E-state index contributed by atoms with van der Waals surface area (Å²) < 4.78 is 24.3. The molecule has 0 bridgehead atoms. The third-order valence-electron chi connectivity index (χ3n) is 5.66. The van der Waals surface area contributed by atoms with Gasteiger partial charge in [0.05, 0.1) is 30.0 Å². The van der Waals surface area contributed by atoms with Gasteiger partial charge in [-0.1, -0.05) is 18.2 Å². The van der Waals surface area contributed by atoms with Crippen LogP contribution in [0.2, 0.25) is 0 Å². The molecular formula is C21H28N4O4S. The Labute approximate surface area is 177 Å². The van der Waals surface area contributed by atoms with Crippen LogP contribution in [-0.2, 0) is 19.4 Å². The van der Waals surface area contributed by atoms with Crippen LogP contribution in [0.15, 0.2) is 30.3 Å². The Morgan fingerprint density at radius 3 is 2.50 bits per heavy atom. The van der Waals surface area contributed by atoms with Crippen LogP contribution in [-0.4, -0.2) is 68.4 Å². The van der Waals surface area contributed by atoms with Crippen molar-refractivity contribution in [2.24, 2.45) is 0 Å². The lowest BCUT2D eigenvalue weighted by atomic mass is 10.1. The molecule has 3 rings (SSSR count). The average molecular weight is 433 g/mol. The summed E-state index contributed by atoms with van der Waals surface area (Å²) in [5.41, 5.74) is 0.689. The molecule has 8 nitrogen and oxygen atoms in total. The van der Waals surface area contributed by atoms with Crippen LogP contribution < -0.4 is 10.2 Å². The van der Waals surface area contributed by atoms with Gasteiger partial charge in [-0.15, -0.1) is 0 Å². The SMILES string of the molecule is N#CCCN(C(=O)CCC(=O)NC1CS(=O)(=O)CC1N1CCCC1)c1ccccc1. The van der Waals surface area contributed by atoms with Crippen molar-refractivity contribution in [3.8, 4) is 6.07 Å². The van der Waals surface area contributed by atoms with Gasteiger partial charge in [0.25, 0.3) is 0 Å². The molecule has 2 amide bonds. The summed E-state index contributed by atoms with van der Waals surface area (Å²) in [7, 11) is -3.18. The fraction of sp³-hybridized carbons (Fsp3) is 0.571. The number of nitriles is 1. The maximum absolute atomic E-state index is 12.7. The summed E-state index contributed by atoms with van der Waals surface area (Å²) in [5.74, 6) is -0.524. The maximum Gasteiger partial charge on any atom is 0.227 e. The third-order valence-corrected chi connectivity index (χ3v) is 7.38. The molecule has 9 heteroatoms. The average Bonchev–Trinajstić information content (AvgIpc) is 3.35. The molecule has 2 atom stereocenters. The molecule has 162 valence electrons. The van der Waals surface area contributed by atoms with E-state index in [9.17, 15) is 18.0 Å². The number of likely N-dealkylation sites (tertiary alicyclic amines) is 1. The maximum atomic E-state index is 12.7. The zero-order chi connectivity index (χ0) is 21.6. The van der Waals surface area contributed by atoms with Gasteiger partial charge in [-0.3, -0.25) is 14.5 Å². The first kappa shape index (κ1) is 22.2. The summed E-state index contributed by atoms with van der Waals surface area (Å²) in [6.07, 6.45) is 2.27. The lowest BCUT2D eigenvalue weighted by molar-refractivity contribution is -0.125. The lowest BCUT2D eigenvalue weighted by Gasteiger charge is -2.28. The molecule has 2 saturated heterocycles. The summed E-state index contributed by atoms with van der Waals surface area (Å²) in [6, 6.07) is 10.5. The molecule has 2 heterocycles. The fourth-order valence-electron chi connectivity index (χ4n) is 4.20. The first-order valence-electron chi connectivity index (χ1n) is 10.4. The molecule has 30 heavy (non-hydrogen) atoms. The van der Waals surface area contributed by atoms with Crippen molar-refractivity contribution in [1.82, 2.24) is 10.2 Å². The standard InChI is InChI=1S/C21H28N4O4S/c22-11-6-14-25(17-7-2-1-3-8-17)21(27)10-9-20(26)23-18-15-30(28,29)16-19(18)24-12-4-5-13-24/h1-3,7-8,18-19H,4-6,9-10,12-16H2,(H,23,26). The van der Waals surface area contributed by atoms with Crippen LogP contribution in [0.1, 0.15) is 32.1 Å². The number of hydrogen-bond donors (Lipinski definition) is 1. The number of anilines is 1.